The number of ether oxygens (including phenoxy) is 6. The van der Waals surface area contributed by atoms with E-state index >= 15 is 0 Å². The first kappa shape index (κ1) is 49.5. The highest BCUT2D eigenvalue weighted by molar-refractivity contribution is 6.76. The molecule has 2 aliphatic heterocycles. The van der Waals surface area contributed by atoms with Crippen molar-refractivity contribution >= 4 is 44.0 Å². The lowest BCUT2D eigenvalue weighted by molar-refractivity contribution is -0.170. The molecule has 0 aliphatic carbocycles. The summed E-state index contributed by atoms with van der Waals surface area (Å²) in [4.78, 5) is 85.7. The number of likely N-dealkylation sites (tertiary alicyclic amines) is 1. The topological polar surface area (TPSA) is 188 Å². The smallest absolute Gasteiger partial charge is 0.408 e. The number of alkyl carbamates (subject to hydrolysis) is 2. The summed E-state index contributed by atoms with van der Waals surface area (Å²) < 4.78 is 33.2. The van der Waals surface area contributed by atoms with Gasteiger partial charge in [-0.25, -0.2) is 19.2 Å². The third kappa shape index (κ3) is 15.0. The van der Waals surface area contributed by atoms with Gasteiger partial charge in [-0.15, -0.1) is 0 Å². The average Bonchev–Trinajstić information content (AvgIpc) is 3.69. The van der Waals surface area contributed by atoms with Gasteiger partial charge < -0.3 is 48.9 Å². The Bertz CT molecular complexity index is 1860. The number of methoxy groups -OCH3 is 1. The second-order valence-electron chi connectivity index (χ2n) is 18.5. The van der Waals surface area contributed by atoms with Gasteiger partial charge in [0.2, 0.25) is 11.8 Å². The van der Waals surface area contributed by atoms with Crippen LogP contribution in [0.15, 0.2) is 48.5 Å². The zero-order chi connectivity index (χ0) is 45.8. The number of fused-ring (bicyclic) bond motifs is 1. The molecular weight excluding hydrogens is 817 g/mol. The molecule has 4 amide bonds. The van der Waals surface area contributed by atoms with Gasteiger partial charge in [-0.2, -0.15) is 0 Å². The summed E-state index contributed by atoms with van der Waals surface area (Å²) >= 11 is 0. The van der Waals surface area contributed by atoms with Crippen LogP contribution in [0.3, 0.4) is 0 Å². The molecular formula is C45H66N4O12Si. The Kier molecular flexibility index (Phi) is 17.8. The van der Waals surface area contributed by atoms with Gasteiger partial charge in [-0.1, -0.05) is 69.9 Å². The molecule has 0 saturated carbocycles. The Balaban J connectivity index is 1.56. The Hall–Kier alpha value is -5.16. The maximum absolute atomic E-state index is 14.8. The minimum atomic E-state index is -1.49. The van der Waals surface area contributed by atoms with Crippen LogP contribution in [0.4, 0.5) is 9.59 Å². The zero-order valence-corrected chi connectivity index (χ0v) is 38.9. The minimum absolute atomic E-state index is 0.00603. The lowest BCUT2D eigenvalue weighted by Crippen LogP contribution is -2.58. The molecule has 2 aromatic rings. The lowest BCUT2D eigenvalue weighted by atomic mass is 9.92. The number of carbonyl (C=O) groups is 6. The zero-order valence-electron chi connectivity index (χ0n) is 37.9. The van der Waals surface area contributed by atoms with Crippen LogP contribution in [0.2, 0.25) is 25.7 Å². The summed E-state index contributed by atoms with van der Waals surface area (Å²) in [7, 11) is 0.117. The summed E-state index contributed by atoms with van der Waals surface area (Å²) in [5.41, 5.74) is 1.41. The highest BCUT2D eigenvalue weighted by Crippen LogP contribution is 2.31. The standard InChI is InChI=1S/C45H66N4O12Si/c1-29(2)23-35(46-43(54)58-27-31-15-12-11-13-16-31)39(50)48-20-14-17-36(48)40(51)49-26-33-24-34(56-7)19-18-32(33)25-37(49)41(52)60-30(3)38(47-44(55)61-45(4,5)6)42(53)59-28-57-21-22-62(8,9)10/h11-13,15-16,18-19,24,29-30,35-38H,14,17,20-23,25-28H2,1-10H3,(H,46,54)(H,47,55)/t30-,35+,36+,37+,38+/m1/s1. The van der Waals surface area contributed by atoms with Crippen molar-refractivity contribution in [2.45, 2.75) is 142 Å². The summed E-state index contributed by atoms with van der Waals surface area (Å²) in [5, 5.41) is 5.22. The molecule has 0 spiro atoms. The minimum Gasteiger partial charge on any atom is -0.497 e. The van der Waals surface area contributed by atoms with Crippen molar-refractivity contribution in [1.82, 2.24) is 20.4 Å². The van der Waals surface area contributed by atoms with Crippen LogP contribution in [-0.2, 0) is 62.4 Å². The number of amides is 4. The highest BCUT2D eigenvalue weighted by Gasteiger charge is 2.45. The monoisotopic (exact) mass is 882 g/mol. The molecule has 1 saturated heterocycles. The van der Waals surface area contributed by atoms with Crippen molar-refractivity contribution in [3.63, 3.8) is 0 Å². The summed E-state index contributed by atoms with van der Waals surface area (Å²) in [5.74, 6) is -2.09. The predicted octanol–water partition coefficient (Wildman–Crippen LogP) is 5.96. The first-order chi connectivity index (χ1) is 29.1. The molecule has 2 heterocycles. The van der Waals surface area contributed by atoms with Gasteiger partial charge >= 0.3 is 24.1 Å². The third-order valence-electron chi connectivity index (χ3n) is 10.4. The Morgan fingerprint density at radius 2 is 1.58 bits per heavy atom. The van der Waals surface area contributed by atoms with Crippen LogP contribution in [-0.4, -0.2) is 117 Å². The van der Waals surface area contributed by atoms with Gasteiger partial charge in [0.15, 0.2) is 12.8 Å². The van der Waals surface area contributed by atoms with Crippen molar-refractivity contribution in [3.05, 3.63) is 65.2 Å². The normalized spacial score (nSPS) is 17.9. The summed E-state index contributed by atoms with van der Waals surface area (Å²) in [6, 6.07) is 10.8. The summed E-state index contributed by atoms with van der Waals surface area (Å²) in [6.45, 7) is 17.1. The Labute approximate surface area is 366 Å². The number of nitrogens with zero attached hydrogens (tertiary/aromatic N) is 2. The number of benzene rings is 2. The van der Waals surface area contributed by atoms with Gasteiger partial charge in [-0.3, -0.25) is 9.59 Å². The van der Waals surface area contributed by atoms with E-state index in [0.29, 0.717) is 31.6 Å². The van der Waals surface area contributed by atoms with Crippen molar-refractivity contribution in [1.29, 1.82) is 0 Å². The quantitative estimate of drug-likeness (QED) is 0.0589. The lowest BCUT2D eigenvalue weighted by Gasteiger charge is -2.39. The highest BCUT2D eigenvalue weighted by atomic mass is 28.3. The van der Waals surface area contributed by atoms with Gasteiger partial charge in [0.1, 0.15) is 42.2 Å². The van der Waals surface area contributed by atoms with Crippen molar-refractivity contribution in [2.75, 3.05) is 27.1 Å². The number of nitrogens with one attached hydrogen (secondary N) is 2. The number of esters is 2. The Morgan fingerprint density at radius 1 is 0.871 bits per heavy atom. The number of rotatable bonds is 18. The van der Waals surface area contributed by atoms with E-state index in [4.69, 9.17) is 28.4 Å². The van der Waals surface area contributed by atoms with E-state index in [-0.39, 0.29) is 38.8 Å². The molecule has 0 unspecified atom stereocenters. The largest absolute Gasteiger partial charge is 0.497 e. The number of hydrogen-bond acceptors (Lipinski definition) is 12. The van der Waals surface area contributed by atoms with Gasteiger partial charge in [-0.05, 0) is 87.7 Å². The van der Waals surface area contributed by atoms with E-state index < -0.39 is 79.9 Å². The van der Waals surface area contributed by atoms with Crippen molar-refractivity contribution in [3.8, 4) is 5.75 Å². The van der Waals surface area contributed by atoms with Crippen LogP contribution in [0, 0.1) is 5.92 Å². The molecule has 16 nitrogen and oxygen atoms in total. The SMILES string of the molecule is COc1ccc2c(c1)CN(C(=O)[C@@H]1CCCN1C(=O)[C@H](CC(C)C)NC(=O)OCc1ccccc1)[C@H](C(=O)O[C@H](C)[C@H](NC(=O)OC(C)(C)C)C(=O)OCOCC[Si](C)(C)C)C2. The molecule has 0 radical (unpaired) electrons. The van der Waals surface area contributed by atoms with Crippen LogP contribution in [0.1, 0.15) is 77.5 Å². The maximum Gasteiger partial charge on any atom is 0.408 e. The van der Waals surface area contributed by atoms with E-state index in [2.05, 4.69) is 30.3 Å². The maximum atomic E-state index is 14.8. The number of hydrogen-bond donors (Lipinski definition) is 2. The second-order valence-corrected chi connectivity index (χ2v) is 24.1. The van der Waals surface area contributed by atoms with Gasteiger partial charge in [0, 0.05) is 34.2 Å². The van der Waals surface area contributed by atoms with Crippen LogP contribution in [0.25, 0.3) is 0 Å². The van der Waals surface area contributed by atoms with Crippen LogP contribution < -0.4 is 15.4 Å². The van der Waals surface area contributed by atoms with E-state index in [9.17, 15) is 28.8 Å². The summed E-state index contributed by atoms with van der Waals surface area (Å²) in [6.07, 6.45) is -1.78. The Morgan fingerprint density at radius 3 is 2.23 bits per heavy atom. The molecule has 2 N–H and O–H groups in total. The molecule has 1 fully saturated rings. The average molecular weight is 883 g/mol. The fourth-order valence-corrected chi connectivity index (χ4v) is 7.92. The second kappa shape index (κ2) is 22.3. The van der Waals surface area contributed by atoms with E-state index in [0.717, 1.165) is 22.7 Å². The molecule has 0 aromatic heterocycles. The van der Waals surface area contributed by atoms with Crippen molar-refractivity contribution < 1.29 is 57.2 Å². The molecule has 17 heteroatoms. The fraction of sp³-hybridized carbons (Fsp3) is 0.600. The predicted molar refractivity (Wildman–Crippen MR) is 233 cm³/mol. The van der Waals surface area contributed by atoms with Crippen LogP contribution in [0.5, 0.6) is 5.75 Å². The molecule has 62 heavy (non-hydrogen) atoms. The first-order valence-corrected chi connectivity index (χ1v) is 25.0. The van der Waals surface area contributed by atoms with E-state index in [1.54, 1.807) is 32.9 Å². The molecule has 0 bridgehead atoms. The molecule has 4 rings (SSSR count). The van der Waals surface area contributed by atoms with Crippen molar-refractivity contribution in [2.24, 2.45) is 5.92 Å². The fourth-order valence-electron chi connectivity index (χ4n) is 7.17. The van der Waals surface area contributed by atoms with Gasteiger partial charge in [0.05, 0.1) is 7.11 Å². The van der Waals surface area contributed by atoms with Crippen LogP contribution >= 0.6 is 0 Å². The molecule has 2 aliphatic rings. The van der Waals surface area contributed by atoms with Gasteiger partial charge in [0.25, 0.3) is 0 Å². The molecule has 2 aromatic carbocycles. The molecule has 342 valence electrons. The first-order valence-electron chi connectivity index (χ1n) is 21.3. The molecule has 5 atom stereocenters. The van der Waals surface area contributed by atoms with E-state index in [1.807, 2.05) is 50.2 Å². The number of carbonyl (C=O) groups excluding carboxylic acids is 6. The van der Waals surface area contributed by atoms with E-state index in [1.165, 1.54) is 23.8 Å². The third-order valence-corrected chi connectivity index (χ3v) is 12.1.